The van der Waals surface area contributed by atoms with Crippen molar-refractivity contribution in [2.45, 2.75) is 51.4 Å². The lowest BCUT2D eigenvalue weighted by Gasteiger charge is -2.02. The number of aliphatic hydroxyl groups is 1. The maximum absolute atomic E-state index is 10.1. The van der Waals surface area contributed by atoms with Gasteiger partial charge in [0.2, 0.25) is 0 Å². The summed E-state index contributed by atoms with van der Waals surface area (Å²) in [7, 11) is 0. The molecule has 0 saturated carbocycles. The molecule has 0 aromatic heterocycles. The summed E-state index contributed by atoms with van der Waals surface area (Å²) in [5, 5.41) is 16.9. The largest absolute Gasteiger partial charge is 0.480 e. The molecule has 0 radical (unpaired) electrons. The Bertz CT molecular complexity index is 159. The summed E-state index contributed by atoms with van der Waals surface area (Å²) >= 11 is 0. The zero-order valence-electron chi connectivity index (χ0n) is 9.99. The lowest BCUT2D eigenvalue weighted by atomic mass is 10.1. The first-order valence-electron chi connectivity index (χ1n) is 6.17. The van der Waals surface area contributed by atoms with Crippen molar-refractivity contribution in [1.82, 2.24) is 0 Å². The number of carboxylic acids is 1. The fourth-order valence-electron chi connectivity index (χ4n) is 1.54. The topological polar surface area (TPSA) is 66.8 Å². The molecule has 96 valence electrons. The van der Waals surface area contributed by atoms with Crippen molar-refractivity contribution in [3.63, 3.8) is 0 Å². The van der Waals surface area contributed by atoms with Gasteiger partial charge < -0.3 is 14.9 Å². The van der Waals surface area contributed by atoms with E-state index in [1.165, 1.54) is 25.7 Å². The first-order chi connectivity index (χ1) is 7.77. The molecule has 16 heavy (non-hydrogen) atoms. The predicted octanol–water partition coefficient (Wildman–Crippen LogP) is 2.20. The third-order valence-corrected chi connectivity index (χ3v) is 2.42. The van der Waals surface area contributed by atoms with Crippen LogP contribution < -0.4 is 0 Å². The second kappa shape index (κ2) is 12.5. The van der Waals surface area contributed by atoms with Crippen molar-refractivity contribution in [1.29, 1.82) is 0 Å². The molecule has 0 aliphatic rings. The van der Waals surface area contributed by atoms with Gasteiger partial charge in [-0.25, -0.2) is 4.79 Å². The van der Waals surface area contributed by atoms with Crippen LogP contribution in [0.15, 0.2) is 0 Å². The SMILES string of the molecule is O=C(O)COCCCCCCCCCCO. The number of hydrogen-bond donors (Lipinski definition) is 2. The highest BCUT2D eigenvalue weighted by Gasteiger charge is 1.96. The molecule has 4 heteroatoms. The number of carbonyl (C=O) groups is 1. The first kappa shape index (κ1) is 15.4. The minimum atomic E-state index is -0.899. The molecule has 0 saturated heterocycles. The van der Waals surface area contributed by atoms with Crippen LogP contribution in [0.3, 0.4) is 0 Å². The molecule has 0 aliphatic heterocycles. The maximum Gasteiger partial charge on any atom is 0.329 e. The molecule has 0 aromatic rings. The van der Waals surface area contributed by atoms with Gasteiger partial charge in [0.15, 0.2) is 0 Å². The summed E-state index contributed by atoms with van der Waals surface area (Å²) in [5.41, 5.74) is 0. The van der Waals surface area contributed by atoms with Gasteiger partial charge in [-0.3, -0.25) is 0 Å². The van der Waals surface area contributed by atoms with E-state index in [9.17, 15) is 4.79 Å². The van der Waals surface area contributed by atoms with Crippen LogP contribution in [0, 0.1) is 0 Å². The van der Waals surface area contributed by atoms with Crippen LogP contribution in [0.2, 0.25) is 0 Å². The van der Waals surface area contributed by atoms with E-state index in [0.29, 0.717) is 13.2 Å². The van der Waals surface area contributed by atoms with E-state index in [1.54, 1.807) is 0 Å². The predicted molar refractivity (Wildman–Crippen MR) is 62.5 cm³/mol. The molecule has 0 rings (SSSR count). The van der Waals surface area contributed by atoms with Crippen LogP contribution in [0.1, 0.15) is 51.4 Å². The third-order valence-electron chi connectivity index (χ3n) is 2.42. The Labute approximate surface area is 97.6 Å². The number of ether oxygens (including phenoxy) is 1. The standard InChI is InChI=1S/C12H24O4/c13-9-7-5-3-1-2-4-6-8-10-16-11-12(14)15/h13H,1-11H2,(H,14,15). The Morgan fingerprint density at radius 1 is 0.875 bits per heavy atom. The number of aliphatic hydroxyl groups excluding tert-OH is 1. The molecule has 0 atom stereocenters. The fraction of sp³-hybridized carbons (Fsp3) is 0.917. The van der Waals surface area contributed by atoms with E-state index in [0.717, 1.165) is 25.7 Å². The Morgan fingerprint density at radius 2 is 1.38 bits per heavy atom. The highest BCUT2D eigenvalue weighted by molar-refractivity contribution is 5.67. The zero-order valence-corrected chi connectivity index (χ0v) is 9.99. The number of aliphatic carboxylic acids is 1. The molecule has 4 nitrogen and oxygen atoms in total. The highest BCUT2D eigenvalue weighted by Crippen LogP contribution is 2.08. The van der Waals surface area contributed by atoms with Crippen molar-refractivity contribution < 1.29 is 19.7 Å². The van der Waals surface area contributed by atoms with Gasteiger partial charge in [0.1, 0.15) is 6.61 Å². The number of carboxylic acid groups (broad SMARTS) is 1. The Balaban J connectivity index is 2.90. The molecule has 0 fully saturated rings. The summed E-state index contributed by atoms with van der Waals surface area (Å²) in [6, 6.07) is 0. The lowest BCUT2D eigenvalue weighted by molar-refractivity contribution is -0.142. The fourth-order valence-corrected chi connectivity index (χ4v) is 1.54. The third kappa shape index (κ3) is 13.4. The number of hydrogen-bond acceptors (Lipinski definition) is 3. The molecule has 0 aromatic carbocycles. The van der Waals surface area contributed by atoms with Crippen LogP contribution in [-0.2, 0) is 9.53 Å². The van der Waals surface area contributed by atoms with Crippen LogP contribution in [0.4, 0.5) is 0 Å². The van der Waals surface area contributed by atoms with Gasteiger partial charge >= 0.3 is 5.97 Å². The van der Waals surface area contributed by atoms with E-state index in [1.807, 2.05) is 0 Å². The van der Waals surface area contributed by atoms with E-state index in [-0.39, 0.29) is 6.61 Å². The molecular weight excluding hydrogens is 208 g/mol. The molecule has 0 heterocycles. The van der Waals surface area contributed by atoms with Gasteiger partial charge in [0.05, 0.1) is 0 Å². The van der Waals surface area contributed by atoms with E-state index >= 15 is 0 Å². The second-order valence-electron chi connectivity index (χ2n) is 4.00. The van der Waals surface area contributed by atoms with Crippen molar-refractivity contribution in [2.75, 3.05) is 19.8 Å². The molecule has 0 bridgehead atoms. The Morgan fingerprint density at radius 3 is 1.88 bits per heavy atom. The molecule has 0 unspecified atom stereocenters. The second-order valence-corrected chi connectivity index (χ2v) is 4.00. The summed E-state index contributed by atoms with van der Waals surface area (Å²) in [6.45, 7) is 0.679. The smallest absolute Gasteiger partial charge is 0.329 e. The van der Waals surface area contributed by atoms with Gasteiger partial charge in [-0.1, -0.05) is 38.5 Å². The minimum Gasteiger partial charge on any atom is -0.480 e. The summed E-state index contributed by atoms with van der Waals surface area (Å²) in [4.78, 5) is 10.1. The van der Waals surface area contributed by atoms with E-state index < -0.39 is 5.97 Å². The van der Waals surface area contributed by atoms with Crippen LogP contribution >= 0.6 is 0 Å². The van der Waals surface area contributed by atoms with Crippen LogP contribution in [0.5, 0.6) is 0 Å². The van der Waals surface area contributed by atoms with Gasteiger partial charge in [-0.05, 0) is 12.8 Å². The summed E-state index contributed by atoms with van der Waals surface area (Å²) in [6.07, 6.45) is 8.96. The quantitative estimate of drug-likeness (QED) is 0.506. The van der Waals surface area contributed by atoms with Gasteiger partial charge in [0.25, 0.3) is 0 Å². The normalized spacial score (nSPS) is 10.6. The Hall–Kier alpha value is -0.610. The molecule has 2 N–H and O–H groups in total. The monoisotopic (exact) mass is 232 g/mol. The average Bonchev–Trinajstić information content (AvgIpc) is 2.25. The zero-order chi connectivity index (χ0) is 12.1. The number of unbranched alkanes of at least 4 members (excludes halogenated alkanes) is 7. The van der Waals surface area contributed by atoms with Crippen molar-refractivity contribution in [3.05, 3.63) is 0 Å². The maximum atomic E-state index is 10.1. The molecule has 0 aliphatic carbocycles. The van der Waals surface area contributed by atoms with Crippen LogP contribution in [-0.4, -0.2) is 36.0 Å². The van der Waals surface area contributed by atoms with E-state index in [4.69, 9.17) is 14.9 Å². The highest BCUT2D eigenvalue weighted by atomic mass is 16.5. The lowest BCUT2D eigenvalue weighted by Crippen LogP contribution is -2.07. The van der Waals surface area contributed by atoms with Crippen molar-refractivity contribution in [3.8, 4) is 0 Å². The molecule has 0 spiro atoms. The van der Waals surface area contributed by atoms with Gasteiger partial charge in [0, 0.05) is 13.2 Å². The van der Waals surface area contributed by atoms with Gasteiger partial charge in [-0.2, -0.15) is 0 Å². The first-order valence-corrected chi connectivity index (χ1v) is 6.17. The van der Waals surface area contributed by atoms with Crippen molar-refractivity contribution in [2.24, 2.45) is 0 Å². The van der Waals surface area contributed by atoms with Gasteiger partial charge in [-0.15, -0.1) is 0 Å². The average molecular weight is 232 g/mol. The molecular formula is C12H24O4. The Kier molecular flexibility index (Phi) is 12.0. The number of rotatable bonds is 12. The summed E-state index contributed by atoms with van der Waals surface area (Å²) < 4.78 is 4.93. The van der Waals surface area contributed by atoms with Crippen molar-refractivity contribution >= 4 is 5.97 Å². The molecule has 0 amide bonds. The van der Waals surface area contributed by atoms with E-state index in [2.05, 4.69) is 0 Å². The van der Waals surface area contributed by atoms with Crippen LogP contribution in [0.25, 0.3) is 0 Å². The minimum absolute atomic E-state index is 0.179. The summed E-state index contributed by atoms with van der Waals surface area (Å²) in [5.74, 6) is -0.899.